The average Bonchev–Trinajstić information content (AvgIpc) is 2.99. The van der Waals surface area contributed by atoms with Crippen molar-refractivity contribution in [1.29, 1.82) is 0 Å². The predicted octanol–water partition coefficient (Wildman–Crippen LogP) is 2.22. The molecule has 1 heterocycles. The van der Waals surface area contributed by atoms with Crippen molar-refractivity contribution in [3.63, 3.8) is 0 Å². The van der Waals surface area contributed by atoms with Gasteiger partial charge in [-0.05, 0) is 19.3 Å². The van der Waals surface area contributed by atoms with E-state index in [-0.39, 0.29) is 5.97 Å². The number of nitrogens with zero attached hydrogens (tertiary/aromatic N) is 1. The zero-order chi connectivity index (χ0) is 11.6. The molecule has 0 atom stereocenters. The van der Waals surface area contributed by atoms with E-state index in [4.69, 9.17) is 9.15 Å². The van der Waals surface area contributed by atoms with E-state index in [1.807, 2.05) is 0 Å². The highest BCUT2D eigenvalue weighted by molar-refractivity contribution is 5.85. The maximum Gasteiger partial charge on any atom is 0.321 e. The third kappa shape index (κ3) is 1.84. The molecule has 0 amide bonds. The van der Waals surface area contributed by atoms with Crippen LogP contribution in [-0.2, 0) is 21.4 Å². The predicted molar refractivity (Wildman–Crippen MR) is 58.0 cm³/mol. The van der Waals surface area contributed by atoms with E-state index in [2.05, 4.69) is 11.9 Å². The van der Waals surface area contributed by atoms with Crippen molar-refractivity contribution in [2.75, 3.05) is 7.11 Å². The lowest BCUT2D eigenvalue weighted by Gasteiger charge is -2.07. The monoisotopic (exact) mass is 223 g/mol. The summed E-state index contributed by atoms with van der Waals surface area (Å²) in [6.07, 6.45) is 6.40. The molecule has 0 N–H and O–H groups in total. The normalized spacial score (nSPS) is 17.1. The van der Waals surface area contributed by atoms with Gasteiger partial charge < -0.3 is 9.15 Å². The van der Waals surface area contributed by atoms with Gasteiger partial charge in [0.05, 0.1) is 13.3 Å². The van der Waals surface area contributed by atoms with E-state index in [1.165, 1.54) is 7.11 Å². The minimum Gasteiger partial charge on any atom is -0.468 e. The van der Waals surface area contributed by atoms with E-state index < -0.39 is 5.41 Å². The zero-order valence-corrected chi connectivity index (χ0v) is 9.78. The van der Waals surface area contributed by atoms with Crippen LogP contribution in [0.5, 0.6) is 0 Å². The SMILES string of the molecule is CCCCc1cnc(C2(C(=O)OC)CC2)o1. The molecule has 0 saturated heterocycles. The van der Waals surface area contributed by atoms with Gasteiger partial charge in [-0.25, -0.2) is 4.98 Å². The van der Waals surface area contributed by atoms with Gasteiger partial charge in [-0.15, -0.1) is 0 Å². The van der Waals surface area contributed by atoms with Crippen LogP contribution in [0.25, 0.3) is 0 Å². The summed E-state index contributed by atoms with van der Waals surface area (Å²) in [5.41, 5.74) is -0.570. The van der Waals surface area contributed by atoms with Gasteiger partial charge in [-0.2, -0.15) is 0 Å². The summed E-state index contributed by atoms with van der Waals surface area (Å²) in [5, 5.41) is 0. The summed E-state index contributed by atoms with van der Waals surface area (Å²) in [5.74, 6) is 1.17. The lowest BCUT2D eigenvalue weighted by atomic mass is 10.1. The largest absolute Gasteiger partial charge is 0.468 e. The molecule has 0 radical (unpaired) electrons. The number of methoxy groups -OCH3 is 1. The number of oxazole rings is 1. The second-order valence-corrected chi connectivity index (χ2v) is 4.31. The topological polar surface area (TPSA) is 52.3 Å². The quantitative estimate of drug-likeness (QED) is 0.718. The van der Waals surface area contributed by atoms with Crippen LogP contribution >= 0.6 is 0 Å². The second kappa shape index (κ2) is 4.28. The molecule has 88 valence electrons. The van der Waals surface area contributed by atoms with Crippen molar-refractivity contribution < 1.29 is 13.9 Å². The van der Waals surface area contributed by atoms with Gasteiger partial charge >= 0.3 is 5.97 Å². The van der Waals surface area contributed by atoms with E-state index in [0.29, 0.717) is 5.89 Å². The van der Waals surface area contributed by atoms with Gasteiger partial charge in [-0.1, -0.05) is 13.3 Å². The Balaban J connectivity index is 2.10. The lowest BCUT2D eigenvalue weighted by molar-refractivity contribution is -0.144. The standard InChI is InChI=1S/C12H17NO3/c1-3-4-5-9-8-13-10(16-9)12(6-7-12)11(14)15-2/h8H,3-7H2,1-2H3. The molecule has 16 heavy (non-hydrogen) atoms. The van der Waals surface area contributed by atoms with Gasteiger partial charge in [0.2, 0.25) is 5.89 Å². The molecular weight excluding hydrogens is 206 g/mol. The Morgan fingerprint density at radius 2 is 2.38 bits per heavy atom. The highest BCUT2D eigenvalue weighted by atomic mass is 16.5. The fourth-order valence-electron chi connectivity index (χ4n) is 1.82. The van der Waals surface area contributed by atoms with Crippen LogP contribution in [0.1, 0.15) is 44.3 Å². The van der Waals surface area contributed by atoms with Crippen LogP contribution in [-0.4, -0.2) is 18.1 Å². The number of esters is 1. The van der Waals surface area contributed by atoms with Gasteiger partial charge in [0.25, 0.3) is 0 Å². The molecule has 1 aliphatic carbocycles. The second-order valence-electron chi connectivity index (χ2n) is 4.31. The van der Waals surface area contributed by atoms with E-state index in [9.17, 15) is 4.79 Å². The fourth-order valence-corrected chi connectivity index (χ4v) is 1.82. The van der Waals surface area contributed by atoms with Gasteiger partial charge in [0.15, 0.2) is 0 Å². The van der Waals surface area contributed by atoms with Crippen LogP contribution < -0.4 is 0 Å². The van der Waals surface area contributed by atoms with E-state index >= 15 is 0 Å². The van der Waals surface area contributed by atoms with Crippen molar-refractivity contribution >= 4 is 5.97 Å². The molecule has 0 unspecified atom stereocenters. The maximum absolute atomic E-state index is 11.6. The van der Waals surface area contributed by atoms with Gasteiger partial charge in [0.1, 0.15) is 11.2 Å². The number of hydrogen-bond acceptors (Lipinski definition) is 4. The number of ether oxygens (including phenoxy) is 1. The van der Waals surface area contributed by atoms with Crippen LogP contribution in [0.4, 0.5) is 0 Å². The molecule has 0 aromatic carbocycles. The van der Waals surface area contributed by atoms with Crippen LogP contribution in [0, 0.1) is 0 Å². The van der Waals surface area contributed by atoms with Crippen molar-refractivity contribution in [2.24, 2.45) is 0 Å². The Morgan fingerprint density at radius 1 is 1.62 bits per heavy atom. The molecule has 1 aromatic rings. The molecule has 1 saturated carbocycles. The summed E-state index contributed by atoms with van der Waals surface area (Å²) in [6.45, 7) is 2.13. The maximum atomic E-state index is 11.6. The molecule has 1 fully saturated rings. The summed E-state index contributed by atoms with van der Waals surface area (Å²) in [4.78, 5) is 15.8. The zero-order valence-electron chi connectivity index (χ0n) is 9.78. The molecule has 0 bridgehead atoms. The Bertz CT molecular complexity index is 379. The van der Waals surface area contributed by atoms with Gasteiger partial charge in [-0.3, -0.25) is 4.79 Å². The summed E-state index contributed by atoms with van der Waals surface area (Å²) >= 11 is 0. The number of rotatable bonds is 5. The first-order chi connectivity index (χ1) is 7.73. The third-order valence-electron chi connectivity index (χ3n) is 3.07. The lowest BCUT2D eigenvalue weighted by Crippen LogP contribution is -2.22. The molecule has 2 rings (SSSR count). The fraction of sp³-hybridized carbons (Fsp3) is 0.667. The number of carbonyl (C=O) groups is 1. The van der Waals surface area contributed by atoms with Crippen LogP contribution in [0.15, 0.2) is 10.6 Å². The van der Waals surface area contributed by atoms with Crippen LogP contribution in [0.3, 0.4) is 0 Å². The minimum atomic E-state index is -0.570. The van der Waals surface area contributed by atoms with E-state index in [0.717, 1.165) is 37.9 Å². The third-order valence-corrected chi connectivity index (χ3v) is 3.07. The van der Waals surface area contributed by atoms with Crippen molar-refractivity contribution in [3.05, 3.63) is 17.8 Å². The number of aryl methyl sites for hydroxylation is 1. The highest BCUT2D eigenvalue weighted by Gasteiger charge is 2.56. The summed E-state index contributed by atoms with van der Waals surface area (Å²) in [6, 6.07) is 0. The smallest absolute Gasteiger partial charge is 0.321 e. The van der Waals surface area contributed by atoms with Crippen molar-refractivity contribution in [2.45, 2.75) is 44.4 Å². The Hall–Kier alpha value is -1.32. The molecule has 0 spiro atoms. The molecular formula is C12H17NO3. The first-order valence-electron chi connectivity index (χ1n) is 5.76. The molecule has 4 heteroatoms. The van der Waals surface area contributed by atoms with E-state index in [1.54, 1.807) is 6.20 Å². The summed E-state index contributed by atoms with van der Waals surface area (Å²) < 4.78 is 10.4. The van der Waals surface area contributed by atoms with Gasteiger partial charge in [0, 0.05) is 6.42 Å². The minimum absolute atomic E-state index is 0.226. The number of aromatic nitrogens is 1. The van der Waals surface area contributed by atoms with Crippen LogP contribution in [0.2, 0.25) is 0 Å². The summed E-state index contributed by atoms with van der Waals surface area (Å²) in [7, 11) is 1.41. The first-order valence-corrected chi connectivity index (χ1v) is 5.76. The van der Waals surface area contributed by atoms with Crippen molar-refractivity contribution in [3.8, 4) is 0 Å². The molecule has 1 aliphatic rings. The molecule has 0 aliphatic heterocycles. The average molecular weight is 223 g/mol. The molecule has 4 nitrogen and oxygen atoms in total. The van der Waals surface area contributed by atoms with Crippen molar-refractivity contribution in [1.82, 2.24) is 4.98 Å². The number of unbranched alkanes of at least 4 members (excludes halogenated alkanes) is 1. The Labute approximate surface area is 95.0 Å². The highest BCUT2D eigenvalue weighted by Crippen LogP contribution is 2.48. The number of carbonyl (C=O) groups excluding carboxylic acids is 1. The number of hydrogen-bond donors (Lipinski definition) is 0. The Kier molecular flexibility index (Phi) is 2.99. The first kappa shape index (κ1) is 11.2. The Morgan fingerprint density at radius 3 is 2.94 bits per heavy atom. The molecule has 1 aromatic heterocycles.